The van der Waals surface area contributed by atoms with Crippen LogP contribution >= 0.6 is 0 Å². The second kappa shape index (κ2) is 10.6. The van der Waals surface area contributed by atoms with Gasteiger partial charge in [0.15, 0.2) is 0 Å². The highest BCUT2D eigenvalue weighted by atomic mass is 19.1. The summed E-state index contributed by atoms with van der Waals surface area (Å²) in [4.78, 5) is 32.4. The molecule has 0 spiro atoms. The normalized spacial score (nSPS) is 15.6. The zero-order valence-electron chi connectivity index (χ0n) is 19.5. The Bertz CT molecular complexity index is 1190. The summed E-state index contributed by atoms with van der Waals surface area (Å²) in [5.74, 6) is -0.808. The Morgan fingerprint density at radius 2 is 1.79 bits per heavy atom. The Kier molecular flexibility index (Phi) is 7.40. The number of amides is 1. The van der Waals surface area contributed by atoms with Crippen LogP contribution in [0.1, 0.15) is 34.5 Å². The van der Waals surface area contributed by atoms with Gasteiger partial charge in [-0.15, -0.1) is 0 Å². The smallest absolute Gasteiger partial charge is 0.261 e. The van der Waals surface area contributed by atoms with Crippen molar-refractivity contribution < 1.29 is 9.18 Å². The van der Waals surface area contributed by atoms with Crippen LogP contribution in [0.5, 0.6) is 0 Å². The lowest BCUT2D eigenvalue weighted by Gasteiger charge is -2.32. The van der Waals surface area contributed by atoms with Crippen LogP contribution in [-0.4, -0.2) is 53.9 Å². The molecule has 0 bridgehead atoms. The summed E-state index contributed by atoms with van der Waals surface area (Å²) in [7, 11) is 2.14. The molecule has 4 rings (SSSR count). The van der Waals surface area contributed by atoms with E-state index >= 15 is 0 Å². The van der Waals surface area contributed by atoms with E-state index in [2.05, 4.69) is 32.5 Å². The quantitative estimate of drug-likeness (QED) is 0.498. The summed E-state index contributed by atoms with van der Waals surface area (Å²) in [6.45, 7) is 6.97. The highest BCUT2D eigenvalue weighted by Crippen LogP contribution is 2.20. The first kappa shape index (κ1) is 23.7. The van der Waals surface area contributed by atoms with E-state index in [0.29, 0.717) is 11.4 Å². The number of piperazine rings is 1. The minimum Gasteiger partial charge on any atom is -0.377 e. The molecule has 3 N–H and O–H groups in total. The molecule has 3 aromatic rings. The lowest BCUT2D eigenvalue weighted by molar-refractivity contribution is 0.102. The van der Waals surface area contributed by atoms with E-state index < -0.39 is 11.5 Å². The van der Waals surface area contributed by atoms with Crippen molar-refractivity contribution in [3.05, 3.63) is 93.7 Å². The van der Waals surface area contributed by atoms with Crippen LogP contribution in [0.2, 0.25) is 0 Å². The lowest BCUT2D eigenvalue weighted by atomic mass is 10.1. The second-order valence-corrected chi connectivity index (χ2v) is 8.78. The van der Waals surface area contributed by atoms with Crippen molar-refractivity contribution in [2.75, 3.05) is 43.9 Å². The van der Waals surface area contributed by atoms with Crippen LogP contribution in [0.4, 0.5) is 15.8 Å². The summed E-state index contributed by atoms with van der Waals surface area (Å²) < 4.78 is 13.5. The van der Waals surface area contributed by atoms with Crippen LogP contribution in [0, 0.1) is 5.82 Å². The molecule has 178 valence electrons. The number of carbonyl (C=O) groups excluding carboxylic acids is 1. The molecule has 1 amide bonds. The number of benzene rings is 2. The maximum atomic E-state index is 13.5. The zero-order chi connectivity index (χ0) is 24.1. The van der Waals surface area contributed by atoms with Gasteiger partial charge in [0, 0.05) is 50.6 Å². The molecule has 8 heteroatoms. The van der Waals surface area contributed by atoms with Crippen LogP contribution < -0.4 is 16.2 Å². The Morgan fingerprint density at radius 3 is 2.50 bits per heavy atom. The van der Waals surface area contributed by atoms with Gasteiger partial charge in [-0.2, -0.15) is 0 Å². The van der Waals surface area contributed by atoms with Crippen LogP contribution in [0.3, 0.4) is 0 Å². The van der Waals surface area contributed by atoms with Gasteiger partial charge in [0.2, 0.25) is 0 Å². The molecule has 1 aliphatic heterocycles. The van der Waals surface area contributed by atoms with Gasteiger partial charge in [0.25, 0.3) is 11.5 Å². The predicted molar refractivity (Wildman–Crippen MR) is 133 cm³/mol. The number of nitrogens with one attached hydrogen (secondary N) is 3. The number of pyridine rings is 1. The fraction of sp³-hybridized carbons (Fsp3) is 0.308. The van der Waals surface area contributed by atoms with E-state index in [4.69, 9.17) is 0 Å². The van der Waals surface area contributed by atoms with Gasteiger partial charge in [-0.05, 0) is 55.4 Å². The first-order valence-corrected chi connectivity index (χ1v) is 11.4. The average molecular weight is 464 g/mol. The largest absolute Gasteiger partial charge is 0.377 e. The van der Waals surface area contributed by atoms with Crippen molar-refractivity contribution in [1.82, 2.24) is 14.8 Å². The summed E-state index contributed by atoms with van der Waals surface area (Å²) in [6.07, 6.45) is 1.50. The highest BCUT2D eigenvalue weighted by Gasteiger charge is 2.15. The number of carbonyl (C=O) groups is 1. The van der Waals surface area contributed by atoms with E-state index in [9.17, 15) is 14.0 Å². The molecule has 2 aromatic carbocycles. The number of anilines is 2. The molecule has 1 saturated heterocycles. The number of H-pyrrole nitrogens is 1. The monoisotopic (exact) mass is 463 g/mol. The van der Waals surface area contributed by atoms with Gasteiger partial charge in [0.05, 0.1) is 5.69 Å². The molecule has 0 saturated carbocycles. The molecule has 1 atom stereocenters. The summed E-state index contributed by atoms with van der Waals surface area (Å²) in [5, 5.41) is 6.00. The summed E-state index contributed by atoms with van der Waals surface area (Å²) >= 11 is 0. The molecule has 0 unspecified atom stereocenters. The van der Waals surface area contributed by atoms with Crippen molar-refractivity contribution in [1.29, 1.82) is 0 Å². The van der Waals surface area contributed by atoms with E-state index in [1.807, 2.05) is 37.3 Å². The van der Waals surface area contributed by atoms with E-state index in [-0.39, 0.29) is 17.4 Å². The molecule has 1 aliphatic rings. The Labute approximate surface area is 198 Å². The average Bonchev–Trinajstić information content (AvgIpc) is 2.83. The maximum absolute atomic E-state index is 13.5. The van der Waals surface area contributed by atoms with Gasteiger partial charge in [-0.3, -0.25) is 14.5 Å². The fourth-order valence-corrected chi connectivity index (χ4v) is 4.00. The van der Waals surface area contributed by atoms with Crippen molar-refractivity contribution in [2.45, 2.75) is 19.5 Å². The maximum Gasteiger partial charge on any atom is 0.261 e. The van der Waals surface area contributed by atoms with Gasteiger partial charge >= 0.3 is 0 Å². The number of aromatic nitrogens is 1. The van der Waals surface area contributed by atoms with Crippen molar-refractivity contribution >= 4 is 17.3 Å². The summed E-state index contributed by atoms with van der Waals surface area (Å²) in [6, 6.07) is 15.3. The van der Waals surface area contributed by atoms with Crippen molar-refractivity contribution in [3.8, 4) is 0 Å². The number of rotatable bonds is 7. The van der Waals surface area contributed by atoms with Crippen LogP contribution in [0.25, 0.3) is 0 Å². The SMILES string of the molecule is C[C@@H](Nc1c[nH]c(=O)c(C(=O)Nc2ccc(CN3CCN(C)CC3)cc2)c1)c1cccc(F)c1. The minimum absolute atomic E-state index is 0.00189. The topological polar surface area (TPSA) is 80.5 Å². The number of likely N-dealkylation sites (N-methyl/N-ethyl adjacent to an activating group) is 1. The number of hydrogen-bond donors (Lipinski definition) is 3. The molecule has 7 nitrogen and oxygen atoms in total. The Balaban J connectivity index is 1.39. The van der Waals surface area contributed by atoms with Gasteiger partial charge < -0.3 is 20.5 Å². The first-order valence-electron chi connectivity index (χ1n) is 11.4. The second-order valence-electron chi connectivity index (χ2n) is 8.78. The molecule has 0 radical (unpaired) electrons. The fourth-order valence-electron chi connectivity index (χ4n) is 4.00. The molecule has 34 heavy (non-hydrogen) atoms. The summed E-state index contributed by atoms with van der Waals surface area (Å²) in [5.41, 5.74) is 2.64. The first-order chi connectivity index (χ1) is 16.4. The van der Waals surface area contributed by atoms with Gasteiger partial charge in [-0.25, -0.2) is 4.39 Å². The minimum atomic E-state index is -0.491. The number of hydrogen-bond acceptors (Lipinski definition) is 5. The van der Waals surface area contributed by atoms with Gasteiger partial charge in [0.1, 0.15) is 11.4 Å². The number of halogens is 1. The number of nitrogens with zero attached hydrogens (tertiary/aromatic N) is 2. The van der Waals surface area contributed by atoms with E-state index in [0.717, 1.165) is 38.3 Å². The van der Waals surface area contributed by atoms with E-state index in [1.54, 1.807) is 6.07 Å². The lowest BCUT2D eigenvalue weighted by Crippen LogP contribution is -2.43. The van der Waals surface area contributed by atoms with Gasteiger partial charge in [-0.1, -0.05) is 24.3 Å². The molecule has 1 aromatic heterocycles. The standard InChI is InChI=1S/C26H30FN5O2/c1-18(20-4-3-5-21(27)14-20)29-23-15-24(25(33)28-16-23)26(34)30-22-8-6-19(7-9-22)17-32-12-10-31(2)11-13-32/h3-9,14-16,18,29H,10-13,17H2,1-2H3,(H,28,33)(H,30,34)/t18-/m1/s1. The third kappa shape index (κ3) is 6.09. The van der Waals surface area contributed by atoms with Crippen LogP contribution in [-0.2, 0) is 6.54 Å². The van der Waals surface area contributed by atoms with Crippen LogP contribution in [0.15, 0.2) is 65.6 Å². The zero-order valence-corrected chi connectivity index (χ0v) is 19.5. The third-order valence-electron chi connectivity index (χ3n) is 6.09. The third-order valence-corrected chi connectivity index (χ3v) is 6.09. The molecule has 0 aliphatic carbocycles. The molecule has 2 heterocycles. The van der Waals surface area contributed by atoms with E-state index in [1.165, 1.54) is 30.0 Å². The van der Waals surface area contributed by atoms with Crippen molar-refractivity contribution in [3.63, 3.8) is 0 Å². The Morgan fingerprint density at radius 1 is 1.06 bits per heavy atom. The number of aromatic amines is 1. The molecule has 1 fully saturated rings. The van der Waals surface area contributed by atoms with Crippen molar-refractivity contribution in [2.24, 2.45) is 0 Å². The molecular formula is C26H30FN5O2. The molecular weight excluding hydrogens is 433 g/mol. The Hall–Kier alpha value is -3.49. The predicted octanol–water partition coefficient (Wildman–Crippen LogP) is 3.69. The highest BCUT2D eigenvalue weighted by molar-refractivity contribution is 6.04.